The van der Waals surface area contributed by atoms with Gasteiger partial charge in [-0.25, -0.2) is 3.11 Å². The Morgan fingerprint density at radius 2 is 1.67 bits per heavy atom. The molecule has 0 radical (unpaired) electrons. The predicted molar refractivity (Wildman–Crippen MR) is 114 cm³/mol. The van der Waals surface area contributed by atoms with Crippen molar-refractivity contribution in [2.45, 2.75) is 85.7 Å². The molecule has 0 aromatic carbocycles. The van der Waals surface area contributed by atoms with Crippen molar-refractivity contribution in [3.05, 3.63) is 0 Å². The van der Waals surface area contributed by atoms with Crippen LogP contribution in [0.2, 0.25) is 0 Å². The van der Waals surface area contributed by atoms with Crippen LogP contribution >= 0.6 is 22.9 Å². The number of hydrogen-bond donors (Lipinski definition) is 0. The van der Waals surface area contributed by atoms with Gasteiger partial charge in [0.2, 0.25) is 0 Å². The lowest BCUT2D eigenvalue weighted by Gasteiger charge is -2.45. The van der Waals surface area contributed by atoms with Crippen molar-refractivity contribution in [3.63, 3.8) is 0 Å². The first-order valence-corrected chi connectivity index (χ1v) is 11.5. The van der Waals surface area contributed by atoms with Gasteiger partial charge in [0, 0.05) is 48.0 Å². The maximum absolute atomic E-state index is 2.83. The van der Waals surface area contributed by atoms with Gasteiger partial charge >= 0.3 is 0 Å². The Hall–Kier alpha value is 0.650. The van der Waals surface area contributed by atoms with Crippen LogP contribution in [0.5, 0.6) is 0 Å². The van der Waals surface area contributed by atoms with Crippen molar-refractivity contribution in [3.8, 4) is 0 Å². The molecule has 0 aromatic rings. The molecule has 2 aliphatic rings. The molecule has 24 heavy (non-hydrogen) atoms. The lowest BCUT2D eigenvalue weighted by molar-refractivity contribution is 0.0406. The SMILES string of the molecule is CCC(C)C1CC(C)N(CCC(C)C2CCN(I)CC2C)C(C)C1. The normalized spacial score (nSPS) is 38.9. The number of hydrogen-bond acceptors (Lipinski definition) is 2. The third-order valence-electron chi connectivity index (χ3n) is 7.36. The molecule has 2 rings (SSSR count). The smallest absolute Gasteiger partial charge is 0.0201 e. The molecule has 0 aliphatic carbocycles. The Kier molecular flexibility index (Phi) is 8.34. The molecule has 0 amide bonds. The monoisotopic (exact) mass is 448 g/mol. The molecule has 0 N–H and O–H groups in total. The molecule has 2 heterocycles. The average Bonchev–Trinajstić information content (AvgIpc) is 2.52. The highest BCUT2D eigenvalue weighted by Crippen LogP contribution is 2.36. The summed E-state index contributed by atoms with van der Waals surface area (Å²) in [6, 6.07) is 1.54. The largest absolute Gasteiger partial charge is 0.298 e. The topological polar surface area (TPSA) is 6.48 Å². The summed E-state index contributed by atoms with van der Waals surface area (Å²) in [6.07, 6.45) is 6.95. The molecule has 0 saturated carbocycles. The van der Waals surface area contributed by atoms with E-state index in [9.17, 15) is 0 Å². The zero-order chi connectivity index (χ0) is 17.9. The van der Waals surface area contributed by atoms with E-state index in [1.807, 2.05) is 0 Å². The van der Waals surface area contributed by atoms with Gasteiger partial charge in [-0.1, -0.05) is 34.1 Å². The first-order chi connectivity index (χ1) is 11.3. The number of rotatable bonds is 6. The minimum absolute atomic E-state index is 0.772. The minimum Gasteiger partial charge on any atom is -0.298 e. The Bertz CT molecular complexity index is 363. The van der Waals surface area contributed by atoms with Gasteiger partial charge in [-0.05, 0) is 75.7 Å². The molecule has 0 bridgehead atoms. The molecular formula is C21H41IN2. The Morgan fingerprint density at radius 1 is 1.04 bits per heavy atom. The summed E-state index contributed by atoms with van der Waals surface area (Å²) in [5, 5.41) is 0. The van der Waals surface area contributed by atoms with Gasteiger partial charge in [-0.3, -0.25) is 4.90 Å². The molecule has 3 heteroatoms. The van der Waals surface area contributed by atoms with Crippen molar-refractivity contribution in [2.24, 2.45) is 29.6 Å². The third-order valence-corrected chi connectivity index (χ3v) is 8.24. The van der Waals surface area contributed by atoms with Crippen molar-refractivity contribution in [1.29, 1.82) is 0 Å². The fourth-order valence-electron chi connectivity index (χ4n) is 5.44. The molecule has 2 saturated heterocycles. The van der Waals surface area contributed by atoms with E-state index in [1.165, 1.54) is 51.7 Å². The standard InChI is InChI=1S/C21H41IN2/c1-7-15(2)20-12-18(5)24(19(6)13-20)11-8-16(3)21-9-10-23(22)14-17(21)4/h15-21H,7-14H2,1-6H3. The van der Waals surface area contributed by atoms with Crippen LogP contribution < -0.4 is 0 Å². The second kappa shape index (κ2) is 9.55. The van der Waals surface area contributed by atoms with E-state index in [0.29, 0.717) is 0 Å². The van der Waals surface area contributed by atoms with Crippen LogP contribution in [0.3, 0.4) is 0 Å². The first-order valence-electron chi connectivity index (χ1n) is 10.5. The summed E-state index contributed by atoms with van der Waals surface area (Å²) < 4.78 is 2.48. The molecule has 6 unspecified atom stereocenters. The second-order valence-electron chi connectivity index (χ2n) is 9.12. The number of piperidine rings is 2. The fraction of sp³-hybridized carbons (Fsp3) is 1.00. The highest BCUT2D eigenvalue weighted by atomic mass is 127. The summed E-state index contributed by atoms with van der Waals surface area (Å²) in [5.74, 6) is 4.50. The number of nitrogens with zero attached hydrogens (tertiary/aromatic N) is 2. The molecule has 2 fully saturated rings. The lowest BCUT2D eigenvalue weighted by Crippen LogP contribution is -2.48. The van der Waals surface area contributed by atoms with E-state index in [0.717, 1.165) is 41.7 Å². The summed E-state index contributed by atoms with van der Waals surface area (Å²) in [4.78, 5) is 2.83. The van der Waals surface area contributed by atoms with Crippen LogP contribution in [0, 0.1) is 29.6 Å². The zero-order valence-corrected chi connectivity index (χ0v) is 19.1. The van der Waals surface area contributed by atoms with Gasteiger partial charge < -0.3 is 0 Å². The minimum atomic E-state index is 0.772. The number of likely N-dealkylation sites (tertiary alicyclic amines) is 1. The van der Waals surface area contributed by atoms with Crippen LogP contribution in [0.4, 0.5) is 0 Å². The summed E-state index contributed by atoms with van der Waals surface area (Å²) in [6.45, 7) is 18.6. The van der Waals surface area contributed by atoms with E-state index in [4.69, 9.17) is 0 Å². The number of halogens is 1. The quantitative estimate of drug-likeness (QED) is 0.371. The molecule has 2 aliphatic heterocycles. The van der Waals surface area contributed by atoms with Crippen molar-refractivity contribution in [1.82, 2.24) is 8.01 Å². The molecular weight excluding hydrogens is 407 g/mol. The molecule has 6 atom stereocenters. The maximum atomic E-state index is 2.83. The van der Waals surface area contributed by atoms with E-state index >= 15 is 0 Å². The highest BCUT2D eigenvalue weighted by Gasteiger charge is 2.34. The summed E-state index contributed by atoms with van der Waals surface area (Å²) >= 11 is 2.50. The van der Waals surface area contributed by atoms with Gasteiger partial charge in [-0.2, -0.15) is 0 Å². The van der Waals surface area contributed by atoms with Gasteiger partial charge in [0.1, 0.15) is 0 Å². The van der Waals surface area contributed by atoms with Gasteiger partial charge in [0.05, 0.1) is 0 Å². The summed E-state index contributed by atoms with van der Waals surface area (Å²) in [7, 11) is 0. The molecule has 142 valence electrons. The van der Waals surface area contributed by atoms with Crippen LogP contribution in [-0.4, -0.2) is 39.7 Å². The Balaban J connectivity index is 1.83. The molecule has 0 spiro atoms. The fourth-order valence-corrected chi connectivity index (χ4v) is 6.34. The van der Waals surface area contributed by atoms with Crippen LogP contribution in [0.25, 0.3) is 0 Å². The van der Waals surface area contributed by atoms with E-state index in [2.05, 4.69) is 72.4 Å². The third kappa shape index (κ3) is 5.33. The van der Waals surface area contributed by atoms with Crippen molar-refractivity contribution >= 4 is 22.9 Å². The Morgan fingerprint density at radius 3 is 2.21 bits per heavy atom. The van der Waals surface area contributed by atoms with Gasteiger partial charge in [-0.15, -0.1) is 0 Å². The van der Waals surface area contributed by atoms with Crippen LogP contribution in [-0.2, 0) is 0 Å². The van der Waals surface area contributed by atoms with Crippen LogP contribution in [0.1, 0.15) is 73.6 Å². The second-order valence-corrected chi connectivity index (χ2v) is 10.5. The van der Waals surface area contributed by atoms with Crippen molar-refractivity contribution in [2.75, 3.05) is 19.6 Å². The van der Waals surface area contributed by atoms with Gasteiger partial charge in [0.15, 0.2) is 0 Å². The van der Waals surface area contributed by atoms with Gasteiger partial charge in [0.25, 0.3) is 0 Å². The maximum Gasteiger partial charge on any atom is 0.0201 e. The Labute approximate surface area is 165 Å². The first kappa shape index (κ1) is 21.0. The zero-order valence-electron chi connectivity index (χ0n) is 17.0. The van der Waals surface area contributed by atoms with Crippen LogP contribution in [0.15, 0.2) is 0 Å². The lowest BCUT2D eigenvalue weighted by atomic mass is 9.76. The average molecular weight is 448 g/mol. The summed E-state index contributed by atoms with van der Waals surface area (Å²) in [5.41, 5.74) is 0. The molecule has 2 nitrogen and oxygen atoms in total. The van der Waals surface area contributed by atoms with Crippen molar-refractivity contribution < 1.29 is 0 Å². The highest BCUT2D eigenvalue weighted by molar-refractivity contribution is 14.1. The molecule has 0 aromatic heterocycles. The van der Waals surface area contributed by atoms with E-state index < -0.39 is 0 Å². The van der Waals surface area contributed by atoms with E-state index in [-0.39, 0.29) is 0 Å². The van der Waals surface area contributed by atoms with E-state index in [1.54, 1.807) is 0 Å². The predicted octanol–water partition coefficient (Wildman–Crippen LogP) is 5.86.